The molecule has 0 bridgehead atoms. The predicted molar refractivity (Wildman–Crippen MR) is 129 cm³/mol. The van der Waals surface area contributed by atoms with Crippen molar-refractivity contribution in [2.24, 2.45) is 0 Å². The third-order valence-corrected chi connectivity index (χ3v) is 7.97. The van der Waals surface area contributed by atoms with Crippen LogP contribution in [0.5, 0.6) is 0 Å². The lowest BCUT2D eigenvalue weighted by Crippen LogP contribution is -2.48. The van der Waals surface area contributed by atoms with E-state index in [-0.39, 0.29) is 10.6 Å². The number of hydrogen-bond acceptors (Lipinski definition) is 6. The molecule has 7 nitrogen and oxygen atoms in total. The lowest BCUT2D eigenvalue weighted by atomic mass is 9.87. The number of aromatic nitrogens is 5. The predicted octanol–water partition coefficient (Wildman–Crippen LogP) is 5.25. The Bertz CT molecular complexity index is 1470. The van der Waals surface area contributed by atoms with Crippen molar-refractivity contribution >= 4 is 17.3 Å². The Morgan fingerprint density at radius 2 is 1.97 bits per heavy atom. The summed E-state index contributed by atoms with van der Waals surface area (Å²) < 4.78 is 31.5. The van der Waals surface area contributed by atoms with E-state index in [1.165, 1.54) is 6.20 Å². The summed E-state index contributed by atoms with van der Waals surface area (Å²) in [6.07, 6.45) is 8.16. The minimum atomic E-state index is -0.759. The molecule has 0 saturated carbocycles. The van der Waals surface area contributed by atoms with Gasteiger partial charge in [0.15, 0.2) is 5.82 Å². The summed E-state index contributed by atoms with van der Waals surface area (Å²) in [7, 11) is 2.16. The lowest BCUT2D eigenvalue weighted by molar-refractivity contribution is 0.0712. The van der Waals surface area contributed by atoms with Gasteiger partial charge < -0.3 is 4.90 Å². The zero-order valence-electron chi connectivity index (χ0n) is 20.0. The van der Waals surface area contributed by atoms with E-state index in [1.807, 2.05) is 18.5 Å². The van der Waals surface area contributed by atoms with E-state index in [0.29, 0.717) is 22.0 Å². The number of piperidine rings is 1. The molecule has 0 radical (unpaired) electrons. The standard InChI is InChI=1S/C25H25F2N7S/c1-15-20(13-31-34(15)19-5-6-32(4)25(2,3)9-19)16-7-22(23-17(10-28)11-30-33(23)14-16)35-24-21(27)8-18(26)12-29-24/h7-8,11-14,19H,5-6,9H2,1-4H3/t19-/m0/s1. The number of nitrogens with zero attached hydrogens (tertiary/aromatic N) is 7. The number of pyridine rings is 2. The topological polar surface area (TPSA) is 75.0 Å². The minimum Gasteiger partial charge on any atom is -0.301 e. The monoisotopic (exact) mass is 493 g/mol. The van der Waals surface area contributed by atoms with Crippen LogP contribution in [0.2, 0.25) is 0 Å². The van der Waals surface area contributed by atoms with Crippen LogP contribution in [0.1, 0.15) is 44.0 Å². The number of likely N-dealkylation sites (tertiary alicyclic amines) is 1. The Hall–Kier alpha value is -3.29. The van der Waals surface area contributed by atoms with Crippen LogP contribution in [0.3, 0.4) is 0 Å². The van der Waals surface area contributed by atoms with Crippen molar-refractivity contribution in [3.05, 3.63) is 59.8 Å². The van der Waals surface area contributed by atoms with Gasteiger partial charge in [-0.2, -0.15) is 15.5 Å². The highest BCUT2D eigenvalue weighted by Crippen LogP contribution is 2.38. The largest absolute Gasteiger partial charge is 0.301 e. The van der Waals surface area contributed by atoms with Crippen LogP contribution >= 0.6 is 11.8 Å². The number of nitriles is 1. The summed E-state index contributed by atoms with van der Waals surface area (Å²) >= 11 is 1.04. The maximum absolute atomic E-state index is 14.4. The van der Waals surface area contributed by atoms with Crippen molar-refractivity contribution in [2.75, 3.05) is 13.6 Å². The van der Waals surface area contributed by atoms with Gasteiger partial charge >= 0.3 is 0 Å². The summed E-state index contributed by atoms with van der Waals surface area (Å²) in [5, 5.41) is 18.7. The van der Waals surface area contributed by atoms with E-state index in [0.717, 1.165) is 60.2 Å². The minimum absolute atomic E-state index is 0.0245. The highest BCUT2D eigenvalue weighted by Gasteiger charge is 2.34. The van der Waals surface area contributed by atoms with Gasteiger partial charge in [-0.05, 0) is 46.7 Å². The van der Waals surface area contributed by atoms with Gasteiger partial charge in [-0.3, -0.25) is 4.68 Å². The van der Waals surface area contributed by atoms with Crippen molar-refractivity contribution in [3.8, 4) is 17.2 Å². The van der Waals surface area contributed by atoms with E-state index >= 15 is 0 Å². The summed E-state index contributed by atoms with van der Waals surface area (Å²) in [4.78, 5) is 6.89. The second kappa shape index (κ2) is 8.73. The highest BCUT2D eigenvalue weighted by atomic mass is 32.2. The number of rotatable bonds is 4. The Morgan fingerprint density at radius 1 is 1.17 bits per heavy atom. The van der Waals surface area contributed by atoms with Gasteiger partial charge in [0.25, 0.3) is 0 Å². The van der Waals surface area contributed by atoms with Crippen LogP contribution < -0.4 is 0 Å². The first kappa shape index (κ1) is 23.5. The first-order valence-corrected chi connectivity index (χ1v) is 12.2. The molecule has 0 amide bonds. The van der Waals surface area contributed by atoms with E-state index in [2.05, 4.69) is 53.6 Å². The summed E-state index contributed by atoms with van der Waals surface area (Å²) in [6, 6.07) is 5.12. The van der Waals surface area contributed by atoms with Gasteiger partial charge in [-0.15, -0.1) is 0 Å². The number of hydrogen-bond donors (Lipinski definition) is 0. The van der Waals surface area contributed by atoms with E-state index < -0.39 is 11.6 Å². The summed E-state index contributed by atoms with van der Waals surface area (Å²) in [5.41, 5.74) is 3.80. The number of fused-ring (bicyclic) bond motifs is 1. The maximum Gasteiger partial charge on any atom is 0.158 e. The zero-order chi connectivity index (χ0) is 24.9. The van der Waals surface area contributed by atoms with Crippen LogP contribution in [0, 0.1) is 29.9 Å². The van der Waals surface area contributed by atoms with Crippen molar-refractivity contribution in [1.82, 2.24) is 29.3 Å². The molecule has 1 aliphatic heterocycles. The molecule has 4 aromatic heterocycles. The Morgan fingerprint density at radius 3 is 2.69 bits per heavy atom. The lowest BCUT2D eigenvalue weighted by Gasteiger charge is -2.43. The van der Waals surface area contributed by atoms with Crippen molar-refractivity contribution in [2.45, 2.75) is 55.1 Å². The quantitative estimate of drug-likeness (QED) is 0.387. The molecule has 180 valence electrons. The first-order chi connectivity index (χ1) is 16.7. The van der Waals surface area contributed by atoms with E-state index in [4.69, 9.17) is 5.10 Å². The fraction of sp³-hybridized carbons (Fsp3) is 0.360. The van der Waals surface area contributed by atoms with Crippen molar-refractivity contribution in [3.63, 3.8) is 0 Å². The Balaban J connectivity index is 1.58. The number of halogens is 2. The van der Waals surface area contributed by atoms with E-state index in [9.17, 15) is 14.0 Å². The molecule has 0 aliphatic carbocycles. The van der Waals surface area contributed by atoms with Gasteiger partial charge in [0.1, 0.15) is 16.9 Å². The fourth-order valence-corrected chi connectivity index (χ4v) is 5.69. The van der Waals surface area contributed by atoms with Crippen LogP contribution in [0.15, 0.2) is 46.8 Å². The summed E-state index contributed by atoms with van der Waals surface area (Å²) in [5.74, 6) is -1.50. The molecule has 1 fully saturated rings. The molecule has 1 atom stereocenters. The SMILES string of the molecule is Cc1c(-c2cc(Sc3ncc(F)cc3F)c3c(C#N)cnn3c2)cnn1[C@H]1CCN(C)C(C)(C)C1. The Labute approximate surface area is 206 Å². The molecular formula is C25H25F2N7S. The smallest absolute Gasteiger partial charge is 0.158 e. The van der Waals surface area contributed by atoms with Crippen molar-refractivity contribution < 1.29 is 8.78 Å². The molecular weight excluding hydrogens is 468 g/mol. The normalized spacial score (nSPS) is 18.1. The Kier molecular flexibility index (Phi) is 5.85. The van der Waals surface area contributed by atoms with Gasteiger partial charge in [0.05, 0.1) is 35.7 Å². The first-order valence-electron chi connectivity index (χ1n) is 11.3. The van der Waals surface area contributed by atoms with E-state index in [1.54, 1.807) is 4.52 Å². The molecule has 10 heteroatoms. The van der Waals surface area contributed by atoms with Gasteiger partial charge in [0, 0.05) is 46.1 Å². The third kappa shape index (κ3) is 4.19. The van der Waals surface area contributed by atoms with Gasteiger partial charge in [0.2, 0.25) is 0 Å². The molecule has 5 rings (SSSR count). The average molecular weight is 494 g/mol. The molecule has 35 heavy (non-hydrogen) atoms. The third-order valence-electron chi connectivity index (χ3n) is 6.95. The molecule has 4 aromatic rings. The van der Waals surface area contributed by atoms with Gasteiger partial charge in [-0.1, -0.05) is 11.8 Å². The summed E-state index contributed by atoms with van der Waals surface area (Å²) in [6.45, 7) is 7.56. The molecule has 0 N–H and O–H groups in total. The van der Waals surface area contributed by atoms with Crippen molar-refractivity contribution in [1.29, 1.82) is 5.26 Å². The molecule has 0 spiro atoms. The zero-order valence-corrected chi connectivity index (χ0v) is 20.8. The highest BCUT2D eigenvalue weighted by molar-refractivity contribution is 7.99. The average Bonchev–Trinajstić information content (AvgIpc) is 3.40. The molecule has 1 saturated heterocycles. The van der Waals surface area contributed by atoms with Crippen LogP contribution in [-0.2, 0) is 0 Å². The van der Waals surface area contributed by atoms with Crippen LogP contribution in [-0.4, -0.2) is 48.4 Å². The second-order valence-electron chi connectivity index (χ2n) is 9.57. The molecule has 5 heterocycles. The molecule has 1 aliphatic rings. The van der Waals surface area contributed by atoms with Crippen LogP contribution in [0.4, 0.5) is 8.78 Å². The molecule has 0 unspecified atom stereocenters. The van der Waals surface area contributed by atoms with Crippen LogP contribution in [0.25, 0.3) is 16.6 Å². The molecule has 0 aromatic carbocycles. The van der Waals surface area contributed by atoms with Gasteiger partial charge in [-0.25, -0.2) is 18.3 Å². The fourth-order valence-electron chi connectivity index (χ4n) is 4.74. The maximum atomic E-state index is 14.4. The second-order valence-corrected chi connectivity index (χ2v) is 10.6.